The predicted octanol–water partition coefficient (Wildman–Crippen LogP) is 4.08. The van der Waals surface area contributed by atoms with Gasteiger partial charge in [-0.2, -0.15) is 13.2 Å². The number of rotatable bonds is 7. The van der Waals surface area contributed by atoms with Gasteiger partial charge in [0, 0.05) is 32.6 Å². The van der Waals surface area contributed by atoms with Gasteiger partial charge in [0.15, 0.2) is 5.96 Å². The van der Waals surface area contributed by atoms with Gasteiger partial charge >= 0.3 is 6.18 Å². The molecule has 31 heavy (non-hydrogen) atoms. The van der Waals surface area contributed by atoms with Crippen LogP contribution in [0.25, 0.3) is 0 Å². The van der Waals surface area contributed by atoms with Crippen LogP contribution in [-0.2, 0) is 30.6 Å². The number of amides is 1. The fraction of sp³-hybridized carbons (Fsp3) is 0.391. The second kappa shape index (κ2) is 10.3. The molecular formula is C23H27F3N4O. The van der Waals surface area contributed by atoms with E-state index in [1.54, 1.807) is 0 Å². The van der Waals surface area contributed by atoms with Gasteiger partial charge in [-0.25, -0.2) is 4.99 Å². The van der Waals surface area contributed by atoms with E-state index in [-0.39, 0.29) is 12.5 Å². The molecule has 0 bridgehead atoms. The summed E-state index contributed by atoms with van der Waals surface area (Å²) in [4.78, 5) is 18.1. The maximum Gasteiger partial charge on any atom is 0.416 e. The van der Waals surface area contributed by atoms with E-state index in [0.717, 1.165) is 36.2 Å². The highest BCUT2D eigenvalue weighted by molar-refractivity contribution is 5.79. The molecule has 3 rings (SSSR count). The Morgan fingerprint density at radius 1 is 1.00 bits per heavy atom. The summed E-state index contributed by atoms with van der Waals surface area (Å²) >= 11 is 0. The SMILES string of the molecule is CCNC(=NCc1ccc(C(F)(F)F)cc1)NCc1ccc(CN2CCCC2=O)cc1. The Bertz CT molecular complexity index is 893. The lowest BCUT2D eigenvalue weighted by Gasteiger charge is -2.16. The molecule has 0 spiro atoms. The molecule has 0 saturated carbocycles. The first-order chi connectivity index (χ1) is 14.8. The molecule has 2 N–H and O–H groups in total. The molecule has 1 saturated heterocycles. The Labute approximate surface area is 180 Å². The second-order valence-electron chi connectivity index (χ2n) is 7.48. The zero-order valence-electron chi connectivity index (χ0n) is 17.5. The molecule has 0 aliphatic carbocycles. The van der Waals surface area contributed by atoms with Gasteiger partial charge < -0.3 is 15.5 Å². The van der Waals surface area contributed by atoms with Crippen molar-refractivity contribution >= 4 is 11.9 Å². The van der Waals surface area contributed by atoms with Crippen molar-refractivity contribution in [2.24, 2.45) is 4.99 Å². The van der Waals surface area contributed by atoms with Crippen molar-refractivity contribution < 1.29 is 18.0 Å². The number of hydrogen-bond donors (Lipinski definition) is 2. The van der Waals surface area contributed by atoms with Gasteiger partial charge in [0.1, 0.15) is 0 Å². The van der Waals surface area contributed by atoms with Crippen molar-refractivity contribution in [3.63, 3.8) is 0 Å². The number of hydrogen-bond acceptors (Lipinski definition) is 2. The minimum Gasteiger partial charge on any atom is -0.357 e. The van der Waals surface area contributed by atoms with E-state index in [1.165, 1.54) is 12.1 Å². The number of nitrogens with zero attached hydrogens (tertiary/aromatic N) is 2. The third-order valence-electron chi connectivity index (χ3n) is 5.07. The summed E-state index contributed by atoms with van der Waals surface area (Å²) in [6.45, 7) is 4.91. The van der Waals surface area contributed by atoms with Gasteiger partial charge in [0.25, 0.3) is 0 Å². The number of alkyl halides is 3. The van der Waals surface area contributed by atoms with Crippen LogP contribution in [0.3, 0.4) is 0 Å². The van der Waals surface area contributed by atoms with E-state index in [2.05, 4.69) is 15.6 Å². The Morgan fingerprint density at radius 2 is 1.65 bits per heavy atom. The molecule has 1 fully saturated rings. The Balaban J connectivity index is 1.54. The standard InChI is InChI=1S/C23H27F3N4O/c1-2-27-22(29-15-18-9-11-20(12-10-18)23(24,25)26)28-14-17-5-7-19(8-6-17)16-30-13-3-4-21(30)31/h5-12H,2-4,13-16H2,1H3,(H2,27,28,29). The van der Waals surface area contributed by atoms with E-state index < -0.39 is 11.7 Å². The Kier molecular flexibility index (Phi) is 7.55. The summed E-state index contributed by atoms with van der Waals surface area (Å²) < 4.78 is 38.0. The molecule has 8 heteroatoms. The number of guanidine groups is 1. The average Bonchev–Trinajstić information content (AvgIpc) is 3.15. The Hall–Kier alpha value is -3.03. The van der Waals surface area contributed by atoms with E-state index in [4.69, 9.17) is 0 Å². The highest BCUT2D eigenvalue weighted by Gasteiger charge is 2.29. The molecule has 5 nitrogen and oxygen atoms in total. The summed E-state index contributed by atoms with van der Waals surface area (Å²) in [6, 6.07) is 13.1. The highest BCUT2D eigenvalue weighted by atomic mass is 19.4. The zero-order valence-corrected chi connectivity index (χ0v) is 17.5. The topological polar surface area (TPSA) is 56.7 Å². The molecule has 1 amide bonds. The molecule has 1 aliphatic heterocycles. The van der Waals surface area contributed by atoms with Gasteiger partial charge in [-0.15, -0.1) is 0 Å². The number of carbonyl (C=O) groups excluding carboxylic acids is 1. The highest BCUT2D eigenvalue weighted by Crippen LogP contribution is 2.29. The number of benzene rings is 2. The minimum atomic E-state index is -4.34. The first-order valence-corrected chi connectivity index (χ1v) is 10.4. The van der Waals surface area contributed by atoms with Gasteiger partial charge in [-0.3, -0.25) is 4.79 Å². The van der Waals surface area contributed by atoms with E-state index in [1.807, 2.05) is 36.1 Å². The van der Waals surface area contributed by atoms with Crippen LogP contribution in [0.1, 0.15) is 42.0 Å². The van der Waals surface area contributed by atoms with Crippen LogP contribution < -0.4 is 10.6 Å². The van der Waals surface area contributed by atoms with E-state index in [9.17, 15) is 18.0 Å². The van der Waals surface area contributed by atoms with Crippen molar-refractivity contribution in [1.82, 2.24) is 15.5 Å². The first-order valence-electron chi connectivity index (χ1n) is 10.4. The van der Waals surface area contributed by atoms with Crippen molar-refractivity contribution in [3.05, 3.63) is 70.8 Å². The van der Waals surface area contributed by atoms with E-state index >= 15 is 0 Å². The number of carbonyl (C=O) groups is 1. The number of halogens is 3. The Morgan fingerprint density at radius 3 is 2.23 bits per heavy atom. The van der Waals surface area contributed by atoms with Gasteiger partial charge in [-0.1, -0.05) is 36.4 Å². The molecule has 2 aromatic carbocycles. The maximum atomic E-state index is 12.7. The fourth-order valence-corrected chi connectivity index (χ4v) is 3.35. The van der Waals surface area contributed by atoms with Crippen LogP contribution >= 0.6 is 0 Å². The predicted molar refractivity (Wildman–Crippen MR) is 114 cm³/mol. The van der Waals surface area contributed by atoms with Crippen LogP contribution in [0.2, 0.25) is 0 Å². The normalized spacial score (nSPS) is 14.8. The third kappa shape index (κ3) is 6.73. The van der Waals surface area contributed by atoms with Crippen LogP contribution in [-0.4, -0.2) is 29.9 Å². The molecule has 166 valence electrons. The van der Waals surface area contributed by atoms with Crippen molar-refractivity contribution in [2.45, 2.75) is 45.6 Å². The summed E-state index contributed by atoms with van der Waals surface area (Å²) in [5.41, 5.74) is 2.20. The first kappa shape index (κ1) is 22.7. The number of nitrogens with one attached hydrogen (secondary N) is 2. The molecule has 0 atom stereocenters. The average molecular weight is 432 g/mol. The van der Waals surface area contributed by atoms with E-state index in [0.29, 0.717) is 37.6 Å². The second-order valence-corrected chi connectivity index (χ2v) is 7.48. The van der Waals surface area contributed by atoms with Crippen LogP contribution in [0.5, 0.6) is 0 Å². The molecule has 2 aromatic rings. The smallest absolute Gasteiger partial charge is 0.357 e. The molecule has 1 heterocycles. The number of aliphatic imine (C=N–C) groups is 1. The summed E-state index contributed by atoms with van der Waals surface area (Å²) in [5.74, 6) is 0.805. The lowest BCUT2D eigenvalue weighted by molar-refractivity contribution is -0.137. The lowest BCUT2D eigenvalue weighted by atomic mass is 10.1. The molecular weight excluding hydrogens is 405 g/mol. The lowest BCUT2D eigenvalue weighted by Crippen LogP contribution is -2.36. The molecule has 0 radical (unpaired) electrons. The fourth-order valence-electron chi connectivity index (χ4n) is 3.35. The quantitative estimate of drug-likeness (QED) is 0.512. The van der Waals surface area contributed by atoms with Crippen molar-refractivity contribution in [1.29, 1.82) is 0 Å². The third-order valence-corrected chi connectivity index (χ3v) is 5.07. The number of likely N-dealkylation sites (tertiary alicyclic amines) is 1. The van der Waals surface area contributed by atoms with Crippen molar-refractivity contribution in [2.75, 3.05) is 13.1 Å². The van der Waals surface area contributed by atoms with Gasteiger partial charge in [-0.05, 0) is 42.2 Å². The van der Waals surface area contributed by atoms with Crippen LogP contribution in [0, 0.1) is 0 Å². The maximum absolute atomic E-state index is 12.7. The van der Waals surface area contributed by atoms with Gasteiger partial charge in [0.05, 0.1) is 12.1 Å². The van der Waals surface area contributed by atoms with Crippen LogP contribution in [0.15, 0.2) is 53.5 Å². The molecule has 1 aliphatic rings. The van der Waals surface area contributed by atoms with Crippen molar-refractivity contribution in [3.8, 4) is 0 Å². The largest absolute Gasteiger partial charge is 0.416 e. The summed E-state index contributed by atoms with van der Waals surface area (Å²) in [6.07, 6.45) is -2.77. The summed E-state index contributed by atoms with van der Waals surface area (Å²) in [7, 11) is 0. The molecule has 0 unspecified atom stereocenters. The molecule has 0 aromatic heterocycles. The zero-order chi connectivity index (χ0) is 22.3. The summed E-state index contributed by atoms with van der Waals surface area (Å²) in [5, 5.41) is 6.37. The van der Waals surface area contributed by atoms with Gasteiger partial charge in [0.2, 0.25) is 5.91 Å². The van der Waals surface area contributed by atoms with Crippen LogP contribution in [0.4, 0.5) is 13.2 Å². The monoisotopic (exact) mass is 432 g/mol. The minimum absolute atomic E-state index is 0.213.